The number of methoxy groups -OCH3 is 3. The van der Waals surface area contributed by atoms with E-state index in [1.165, 1.54) is 6.20 Å². The molecule has 0 aliphatic rings. The predicted molar refractivity (Wildman–Crippen MR) is 111 cm³/mol. The summed E-state index contributed by atoms with van der Waals surface area (Å²) in [4.78, 5) is 12.3. The summed E-state index contributed by atoms with van der Waals surface area (Å²) in [5, 5.41) is 15.0. The number of rotatable bonds is 9. The number of nitrogens with zero attached hydrogens (tertiary/aromatic N) is 1. The Hall–Kier alpha value is -3.66. The van der Waals surface area contributed by atoms with E-state index in [4.69, 9.17) is 14.2 Å². The summed E-state index contributed by atoms with van der Waals surface area (Å²) in [6.07, 6.45) is 1.97. The van der Waals surface area contributed by atoms with E-state index in [0.29, 0.717) is 35.9 Å². The summed E-state index contributed by atoms with van der Waals surface area (Å²) in [7, 11) is 4.71. The van der Waals surface area contributed by atoms with Gasteiger partial charge < -0.3 is 24.8 Å². The first-order valence-electron chi connectivity index (χ1n) is 9.03. The van der Waals surface area contributed by atoms with E-state index in [1.807, 2.05) is 49.4 Å². The van der Waals surface area contributed by atoms with E-state index in [1.54, 1.807) is 21.3 Å². The van der Waals surface area contributed by atoms with Crippen LogP contribution in [-0.4, -0.2) is 33.8 Å². The first kappa shape index (κ1) is 21.6. The molecule has 0 aliphatic heterocycles. The van der Waals surface area contributed by atoms with E-state index in [9.17, 15) is 10.1 Å². The number of nitriles is 1. The molecule has 0 spiro atoms. The summed E-state index contributed by atoms with van der Waals surface area (Å²) in [6, 6.07) is 13.1. The van der Waals surface area contributed by atoms with Crippen molar-refractivity contribution in [1.82, 2.24) is 5.32 Å². The molecular weight excluding hydrogens is 370 g/mol. The second-order valence-electron chi connectivity index (χ2n) is 6.21. The van der Waals surface area contributed by atoms with Crippen molar-refractivity contribution in [3.8, 4) is 23.3 Å². The Kier molecular flexibility index (Phi) is 7.92. The molecule has 2 rings (SSSR count). The maximum atomic E-state index is 12.3. The molecule has 0 saturated heterocycles. The van der Waals surface area contributed by atoms with Gasteiger partial charge in [-0.25, -0.2) is 0 Å². The van der Waals surface area contributed by atoms with Gasteiger partial charge in [-0.3, -0.25) is 4.79 Å². The normalized spacial score (nSPS) is 10.7. The topological polar surface area (TPSA) is 92.6 Å². The number of carbonyl (C=O) groups excluding carboxylic acids is 1. The fourth-order valence-electron chi connectivity index (χ4n) is 2.68. The third-order valence-corrected chi connectivity index (χ3v) is 4.24. The summed E-state index contributed by atoms with van der Waals surface area (Å²) in [5.74, 6) is 1.45. The van der Waals surface area contributed by atoms with Crippen molar-refractivity contribution in [2.24, 2.45) is 0 Å². The molecule has 0 aliphatic carbocycles. The maximum Gasteiger partial charge on any atom is 0.263 e. The second-order valence-corrected chi connectivity index (χ2v) is 6.21. The third kappa shape index (κ3) is 5.91. The molecule has 2 aromatic carbocycles. The number of hydrogen-bond donors (Lipinski definition) is 2. The molecule has 7 heteroatoms. The van der Waals surface area contributed by atoms with E-state index >= 15 is 0 Å². The molecule has 0 fully saturated rings. The molecule has 0 saturated carbocycles. The highest BCUT2D eigenvalue weighted by Crippen LogP contribution is 2.27. The van der Waals surface area contributed by atoms with Crippen molar-refractivity contribution in [2.75, 3.05) is 33.2 Å². The fraction of sp³-hybridized carbons (Fsp3) is 0.273. The lowest BCUT2D eigenvalue weighted by Gasteiger charge is -2.11. The lowest BCUT2D eigenvalue weighted by molar-refractivity contribution is -0.117. The van der Waals surface area contributed by atoms with Gasteiger partial charge in [0.25, 0.3) is 5.91 Å². The number of nitrogens with one attached hydrogen (secondary N) is 2. The van der Waals surface area contributed by atoms with Crippen molar-refractivity contribution in [2.45, 2.75) is 13.3 Å². The average molecular weight is 395 g/mol. The number of benzene rings is 2. The van der Waals surface area contributed by atoms with Crippen molar-refractivity contribution >= 4 is 11.6 Å². The zero-order valence-corrected chi connectivity index (χ0v) is 17.0. The van der Waals surface area contributed by atoms with Crippen LogP contribution < -0.4 is 24.8 Å². The minimum Gasteiger partial charge on any atom is -0.495 e. The quantitative estimate of drug-likeness (QED) is 0.500. The van der Waals surface area contributed by atoms with Crippen LogP contribution in [0.2, 0.25) is 0 Å². The lowest BCUT2D eigenvalue weighted by Crippen LogP contribution is -2.27. The van der Waals surface area contributed by atoms with Gasteiger partial charge in [-0.2, -0.15) is 5.26 Å². The van der Waals surface area contributed by atoms with Gasteiger partial charge in [-0.05, 0) is 48.7 Å². The molecule has 0 radical (unpaired) electrons. The minimum absolute atomic E-state index is 0.0270. The van der Waals surface area contributed by atoms with Crippen LogP contribution in [0.15, 0.2) is 48.2 Å². The van der Waals surface area contributed by atoms with Crippen LogP contribution in [0.25, 0.3) is 0 Å². The van der Waals surface area contributed by atoms with Crippen LogP contribution in [0, 0.1) is 18.3 Å². The molecule has 2 N–H and O–H groups in total. The largest absolute Gasteiger partial charge is 0.495 e. The van der Waals surface area contributed by atoms with Crippen LogP contribution in [0.3, 0.4) is 0 Å². The van der Waals surface area contributed by atoms with Gasteiger partial charge in [0, 0.05) is 12.7 Å². The van der Waals surface area contributed by atoms with Gasteiger partial charge >= 0.3 is 0 Å². The fourth-order valence-corrected chi connectivity index (χ4v) is 2.68. The summed E-state index contributed by atoms with van der Waals surface area (Å²) in [5.41, 5.74) is 2.66. The SMILES string of the molecule is COc1ccc(C)cc1N/C=C(/C#N)C(=O)NCCc1ccc(OC)c(OC)c1. The number of ether oxygens (including phenoxy) is 3. The third-order valence-electron chi connectivity index (χ3n) is 4.24. The highest BCUT2D eigenvalue weighted by atomic mass is 16.5. The van der Waals surface area contributed by atoms with Gasteiger partial charge in [-0.15, -0.1) is 0 Å². The van der Waals surface area contributed by atoms with Gasteiger partial charge in [0.05, 0.1) is 27.0 Å². The van der Waals surface area contributed by atoms with Crippen LogP contribution in [0.5, 0.6) is 17.2 Å². The standard InChI is InChI=1S/C22H25N3O4/c1-15-5-7-19(27-2)18(11-15)25-14-17(13-23)22(26)24-10-9-16-6-8-20(28-3)21(12-16)29-4/h5-8,11-12,14,25H,9-10H2,1-4H3,(H,24,26)/b17-14-. The lowest BCUT2D eigenvalue weighted by atomic mass is 10.1. The smallest absolute Gasteiger partial charge is 0.263 e. The first-order chi connectivity index (χ1) is 14.0. The van der Waals surface area contributed by atoms with Crippen LogP contribution >= 0.6 is 0 Å². The first-order valence-corrected chi connectivity index (χ1v) is 9.03. The Balaban J connectivity index is 1.97. The zero-order chi connectivity index (χ0) is 21.2. The average Bonchev–Trinajstić information content (AvgIpc) is 2.74. The van der Waals surface area contributed by atoms with Gasteiger partial charge in [0.2, 0.25) is 0 Å². The molecule has 29 heavy (non-hydrogen) atoms. The predicted octanol–water partition coefficient (Wildman–Crippen LogP) is 3.20. The van der Waals surface area contributed by atoms with E-state index in [0.717, 1.165) is 11.1 Å². The summed E-state index contributed by atoms with van der Waals surface area (Å²) >= 11 is 0. The van der Waals surface area contributed by atoms with Gasteiger partial charge in [-0.1, -0.05) is 12.1 Å². The molecule has 1 amide bonds. The Morgan fingerprint density at radius 3 is 2.38 bits per heavy atom. The zero-order valence-electron chi connectivity index (χ0n) is 17.0. The van der Waals surface area contributed by atoms with Crippen LogP contribution in [-0.2, 0) is 11.2 Å². The van der Waals surface area contributed by atoms with Crippen molar-refractivity contribution in [3.63, 3.8) is 0 Å². The molecule has 152 valence electrons. The Bertz CT molecular complexity index is 932. The Morgan fingerprint density at radius 1 is 1.03 bits per heavy atom. The Morgan fingerprint density at radius 2 is 1.72 bits per heavy atom. The monoisotopic (exact) mass is 395 g/mol. The number of anilines is 1. The molecule has 0 unspecified atom stereocenters. The summed E-state index contributed by atoms with van der Waals surface area (Å²) in [6.45, 7) is 2.32. The molecule has 7 nitrogen and oxygen atoms in total. The summed E-state index contributed by atoms with van der Waals surface area (Å²) < 4.78 is 15.8. The molecular formula is C22H25N3O4. The number of hydrogen-bond acceptors (Lipinski definition) is 6. The highest BCUT2D eigenvalue weighted by molar-refractivity contribution is 5.97. The number of amides is 1. The van der Waals surface area contributed by atoms with Gasteiger partial charge in [0.15, 0.2) is 11.5 Å². The van der Waals surface area contributed by atoms with E-state index in [2.05, 4.69) is 10.6 Å². The molecule has 0 atom stereocenters. The molecule has 2 aromatic rings. The van der Waals surface area contributed by atoms with Crippen molar-refractivity contribution in [3.05, 3.63) is 59.3 Å². The highest BCUT2D eigenvalue weighted by Gasteiger charge is 2.10. The molecule has 0 heterocycles. The van der Waals surface area contributed by atoms with Gasteiger partial charge in [0.1, 0.15) is 17.4 Å². The van der Waals surface area contributed by atoms with Crippen molar-refractivity contribution in [1.29, 1.82) is 5.26 Å². The van der Waals surface area contributed by atoms with Crippen LogP contribution in [0.4, 0.5) is 5.69 Å². The molecule has 0 aromatic heterocycles. The minimum atomic E-state index is -0.452. The number of aryl methyl sites for hydroxylation is 1. The van der Waals surface area contributed by atoms with Crippen LogP contribution in [0.1, 0.15) is 11.1 Å². The van der Waals surface area contributed by atoms with Crippen molar-refractivity contribution < 1.29 is 19.0 Å². The number of carbonyl (C=O) groups is 1. The van der Waals surface area contributed by atoms with E-state index < -0.39 is 5.91 Å². The van der Waals surface area contributed by atoms with E-state index in [-0.39, 0.29) is 5.57 Å². The molecule has 0 bridgehead atoms. The Labute approximate surface area is 170 Å². The second kappa shape index (κ2) is 10.6. The maximum absolute atomic E-state index is 12.3.